The molecule has 2 saturated carbocycles. The molecule has 11 heavy (non-hydrogen) atoms. The van der Waals surface area contributed by atoms with Crippen LogP contribution in [0.25, 0.3) is 0 Å². The van der Waals surface area contributed by atoms with Gasteiger partial charge in [-0.3, -0.25) is 4.79 Å². The molecule has 2 bridgehead atoms. The van der Waals surface area contributed by atoms with E-state index in [0.717, 1.165) is 19.3 Å². The van der Waals surface area contributed by atoms with Crippen molar-refractivity contribution < 1.29 is 15.0 Å². The van der Waals surface area contributed by atoms with Gasteiger partial charge in [-0.2, -0.15) is 0 Å². The highest BCUT2D eigenvalue weighted by atomic mass is 16.4. The average molecular weight is 156 g/mol. The van der Waals surface area contributed by atoms with E-state index in [9.17, 15) is 9.90 Å². The number of aliphatic hydroxyl groups excluding tert-OH is 1. The summed E-state index contributed by atoms with van der Waals surface area (Å²) in [6.45, 7) is 0. The van der Waals surface area contributed by atoms with Crippen LogP contribution >= 0.6 is 0 Å². The fraction of sp³-hybridized carbons (Fsp3) is 0.875. The summed E-state index contributed by atoms with van der Waals surface area (Å²) in [7, 11) is 0. The molecule has 0 saturated heterocycles. The highest BCUT2D eigenvalue weighted by Crippen LogP contribution is 2.48. The zero-order valence-electron chi connectivity index (χ0n) is 6.23. The van der Waals surface area contributed by atoms with Crippen LogP contribution in [0.15, 0.2) is 0 Å². The van der Waals surface area contributed by atoms with E-state index in [2.05, 4.69) is 0 Å². The molecule has 0 spiro atoms. The number of carboxylic acid groups (broad SMARTS) is 1. The van der Waals surface area contributed by atoms with Gasteiger partial charge >= 0.3 is 5.97 Å². The molecule has 3 nitrogen and oxygen atoms in total. The molecular weight excluding hydrogens is 144 g/mol. The third kappa shape index (κ3) is 0.948. The van der Waals surface area contributed by atoms with E-state index in [1.165, 1.54) is 0 Å². The molecule has 2 N–H and O–H groups in total. The Morgan fingerprint density at radius 3 is 2.36 bits per heavy atom. The van der Waals surface area contributed by atoms with Crippen molar-refractivity contribution in [2.24, 2.45) is 17.8 Å². The maximum absolute atomic E-state index is 10.6. The van der Waals surface area contributed by atoms with Crippen molar-refractivity contribution in [2.75, 3.05) is 0 Å². The van der Waals surface area contributed by atoms with E-state index < -0.39 is 5.97 Å². The van der Waals surface area contributed by atoms with Crippen molar-refractivity contribution in [1.29, 1.82) is 0 Å². The van der Waals surface area contributed by atoms with Crippen LogP contribution in [0, 0.1) is 17.8 Å². The summed E-state index contributed by atoms with van der Waals surface area (Å²) in [4.78, 5) is 10.6. The minimum absolute atomic E-state index is 0.0532. The molecular formula is C8H12O3. The zero-order valence-corrected chi connectivity index (χ0v) is 6.23. The number of aliphatic hydroxyl groups is 1. The summed E-state index contributed by atoms with van der Waals surface area (Å²) in [5.41, 5.74) is 0. The highest BCUT2D eigenvalue weighted by Gasteiger charge is 2.48. The standard InChI is InChI=1S/C8H12O3/c9-7-3-4-1-5(7)6(2-4)8(10)11/h4-7,9H,1-3H2,(H,10,11)/t4-,5+,6+,7-/m1/s1. The van der Waals surface area contributed by atoms with Gasteiger partial charge in [0.15, 0.2) is 0 Å². The first-order valence-corrected chi connectivity index (χ1v) is 4.09. The lowest BCUT2D eigenvalue weighted by molar-refractivity contribution is -0.145. The molecule has 0 radical (unpaired) electrons. The Hall–Kier alpha value is -0.570. The van der Waals surface area contributed by atoms with Gasteiger partial charge in [-0.05, 0) is 31.1 Å². The molecule has 62 valence electrons. The normalized spacial score (nSPS) is 48.1. The summed E-state index contributed by atoms with van der Waals surface area (Å²) in [6, 6.07) is 0. The zero-order chi connectivity index (χ0) is 8.01. The smallest absolute Gasteiger partial charge is 0.306 e. The number of hydrogen-bond acceptors (Lipinski definition) is 2. The molecule has 2 aliphatic carbocycles. The molecule has 4 atom stereocenters. The third-order valence-electron chi connectivity index (χ3n) is 3.10. The van der Waals surface area contributed by atoms with E-state index in [1.807, 2.05) is 0 Å². The fourth-order valence-electron chi connectivity index (χ4n) is 2.60. The number of hydrogen-bond donors (Lipinski definition) is 2. The van der Waals surface area contributed by atoms with Crippen LogP contribution < -0.4 is 0 Å². The molecule has 0 aromatic heterocycles. The second-order valence-electron chi connectivity index (χ2n) is 3.75. The molecule has 3 heteroatoms. The second kappa shape index (κ2) is 2.21. The molecule has 0 amide bonds. The van der Waals surface area contributed by atoms with E-state index in [-0.39, 0.29) is 17.9 Å². The highest BCUT2D eigenvalue weighted by molar-refractivity contribution is 5.71. The predicted molar refractivity (Wildman–Crippen MR) is 38.0 cm³/mol. The molecule has 0 heterocycles. The van der Waals surface area contributed by atoms with Gasteiger partial charge in [0.2, 0.25) is 0 Å². The van der Waals surface area contributed by atoms with Crippen molar-refractivity contribution in [3.63, 3.8) is 0 Å². The minimum atomic E-state index is -0.726. The van der Waals surface area contributed by atoms with E-state index in [4.69, 9.17) is 5.11 Å². The summed E-state index contributed by atoms with van der Waals surface area (Å²) in [5, 5.41) is 18.1. The molecule has 0 aromatic rings. The Labute approximate surface area is 65.0 Å². The van der Waals surface area contributed by atoms with Gasteiger partial charge in [0, 0.05) is 0 Å². The Bertz CT molecular complexity index is 190. The number of carbonyl (C=O) groups is 1. The molecule has 2 fully saturated rings. The lowest BCUT2D eigenvalue weighted by atomic mass is 9.87. The first-order chi connectivity index (χ1) is 5.18. The van der Waals surface area contributed by atoms with E-state index in [1.54, 1.807) is 0 Å². The summed E-state index contributed by atoms with van der Waals surface area (Å²) >= 11 is 0. The van der Waals surface area contributed by atoms with Crippen LogP contribution in [-0.4, -0.2) is 22.3 Å². The molecule has 0 unspecified atom stereocenters. The van der Waals surface area contributed by atoms with E-state index >= 15 is 0 Å². The fourth-order valence-corrected chi connectivity index (χ4v) is 2.60. The van der Waals surface area contributed by atoms with Crippen molar-refractivity contribution in [3.05, 3.63) is 0 Å². The number of carboxylic acids is 1. The van der Waals surface area contributed by atoms with Crippen molar-refractivity contribution in [3.8, 4) is 0 Å². The van der Waals surface area contributed by atoms with Gasteiger partial charge in [0.25, 0.3) is 0 Å². The summed E-state index contributed by atoms with van der Waals surface area (Å²) < 4.78 is 0. The van der Waals surface area contributed by atoms with Crippen LogP contribution in [0.3, 0.4) is 0 Å². The van der Waals surface area contributed by atoms with Crippen LogP contribution in [-0.2, 0) is 4.79 Å². The Kier molecular flexibility index (Phi) is 1.42. The van der Waals surface area contributed by atoms with Gasteiger partial charge in [0.05, 0.1) is 12.0 Å². The van der Waals surface area contributed by atoms with Crippen molar-refractivity contribution in [2.45, 2.75) is 25.4 Å². The third-order valence-corrected chi connectivity index (χ3v) is 3.10. The Balaban J connectivity index is 2.12. The van der Waals surface area contributed by atoms with Crippen molar-refractivity contribution in [1.82, 2.24) is 0 Å². The van der Waals surface area contributed by atoms with E-state index in [0.29, 0.717) is 5.92 Å². The summed E-state index contributed by atoms with van der Waals surface area (Å²) in [5.74, 6) is -0.450. The van der Waals surface area contributed by atoms with Crippen molar-refractivity contribution >= 4 is 5.97 Å². The lowest BCUT2D eigenvalue weighted by Crippen LogP contribution is -2.29. The summed E-state index contributed by atoms with van der Waals surface area (Å²) in [6.07, 6.45) is 2.21. The van der Waals surface area contributed by atoms with Crippen LogP contribution in [0.1, 0.15) is 19.3 Å². The van der Waals surface area contributed by atoms with Crippen LogP contribution in [0.5, 0.6) is 0 Å². The maximum Gasteiger partial charge on any atom is 0.306 e. The Morgan fingerprint density at radius 1 is 1.27 bits per heavy atom. The van der Waals surface area contributed by atoms with Crippen LogP contribution in [0.4, 0.5) is 0 Å². The molecule has 2 aliphatic rings. The lowest BCUT2D eigenvalue weighted by Gasteiger charge is -2.22. The van der Waals surface area contributed by atoms with Gasteiger partial charge in [-0.25, -0.2) is 0 Å². The minimum Gasteiger partial charge on any atom is -0.481 e. The predicted octanol–water partition coefficient (Wildman–Crippen LogP) is 0.478. The number of aliphatic carboxylic acids is 1. The monoisotopic (exact) mass is 156 g/mol. The SMILES string of the molecule is O=C(O)[C@H]1C[C@H]2C[C@@H]1[C@H](O)C2. The first kappa shape index (κ1) is 7.10. The maximum atomic E-state index is 10.6. The molecule has 0 aromatic carbocycles. The number of fused-ring (bicyclic) bond motifs is 2. The second-order valence-corrected chi connectivity index (χ2v) is 3.75. The molecule has 0 aliphatic heterocycles. The largest absolute Gasteiger partial charge is 0.481 e. The average Bonchev–Trinajstić information content (AvgIpc) is 2.43. The van der Waals surface area contributed by atoms with Crippen LogP contribution in [0.2, 0.25) is 0 Å². The quantitative estimate of drug-likeness (QED) is 0.580. The number of rotatable bonds is 1. The Morgan fingerprint density at radius 2 is 2.00 bits per heavy atom. The van der Waals surface area contributed by atoms with Gasteiger partial charge in [-0.15, -0.1) is 0 Å². The van der Waals surface area contributed by atoms with Gasteiger partial charge in [-0.1, -0.05) is 0 Å². The first-order valence-electron chi connectivity index (χ1n) is 4.09. The van der Waals surface area contributed by atoms with Gasteiger partial charge in [0.1, 0.15) is 0 Å². The van der Waals surface area contributed by atoms with Gasteiger partial charge < -0.3 is 10.2 Å². The molecule has 2 rings (SSSR count). The topological polar surface area (TPSA) is 57.5 Å².